The smallest absolute Gasteiger partial charge is 0.227 e. The first-order chi connectivity index (χ1) is 19.7. The van der Waals surface area contributed by atoms with Crippen LogP contribution in [0.15, 0.2) is 40.9 Å². The molecule has 41 heavy (non-hydrogen) atoms. The van der Waals surface area contributed by atoms with Gasteiger partial charge in [-0.2, -0.15) is 4.37 Å². The van der Waals surface area contributed by atoms with Gasteiger partial charge in [0.05, 0.1) is 29.2 Å². The number of fused-ring (bicyclic) bond motifs is 1. The van der Waals surface area contributed by atoms with Crippen LogP contribution >= 0.6 is 11.5 Å². The number of anilines is 1. The van der Waals surface area contributed by atoms with Gasteiger partial charge in [-0.3, -0.25) is 14.2 Å². The predicted molar refractivity (Wildman–Crippen MR) is 148 cm³/mol. The number of imidazole rings is 1. The largest absolute Gasteiger partial charge is 0.361 e. The van der Waals surface area contributed by atoms with Crippen LogP contribution in [0.5, 0.6) is 0 Å². The highest BCUT2D eigenvalue weighted by Crippen LogP contribution is 2.39. The minimum Gasteiger partial charge on any atom is -0.361 e. The minimum absolute atomic E-state index is 0.00799. The summed E-state index contributed by atoms with van der Waals surface area (Å²) in [6.07, 6.45) is 1.40. The SMILES string of the molecule is CNC(=O)Cc1nsc(-n2c(C3CCCC(=O)N3c3ccc(F)c(F)c3)nc3cc(-c4c(C)noc4C)ccc32)n1. The Kier molecular flexibility index (Phi) is 6.81. The van der Waals surface area contributed by atoms with Crippen molar-refractivity contribution in [2.45, 2.75) is 45.6 Å². The second kappa shape index (κ2) is 10.5. The number of aryl methyl sites for hydroxylation is 2. The second-order valence-electron chi connectivity index (χ2n) is 9.82. The zero-order chi connectivity index (χ0) is 28.8. The Balaban J connectivity index is 1.54. The van der Waals surface area contributed by atoms with Gasteiger partial charge in [-0.1, -0.05) is 11.2 Å². The van der Waals surface area contributed by atoms with E-state index in [0.29, 0.717) is 46.4 Å². The van der Waals surface area contributed by atoms with E-state index in [1.807, 2.05) is 36.6 Å². The Morgan fingerprint density at radius 3 is 2.71 bits per heavy atom. The summed E-state index contributed by atoms with van der Waals surface area (Å²) < 4.78 is 39.6. The molecule has 1 atom stereocenters. The molecule has 1 saturated heterocycles. The van der Waals surface area contributed by atoms with Crippen molar-refractivity contribution < 1.29 is 22.9 Å². The summed E-state index contributed by atoms with van der Waals surface area (Å²) in [5, 5.41) is 7.10. The molecule has 1 aliphatic heterocycles. The fourth-order valence-corrected chi connectivity index (χ4v) is 6.00. The molecule has 1 N–H and O–H groups in total. The van der Waals surface area contributed by atoms with E-state index in [0.717, 1.165) is 40.5 Å². The average molecular weight is 578 g/mol. The van der Waals surface area contributed by atoms with E-state index >= 15 is 0 Å². The Labute approximate surface area is 237 Å². The molecule has 210 valence electrons. The van der Waals surface area contributed by atoms with E-state index < -0.39 is 17.7 Å². The van der Waals surface area contributed by atoms with Crippen LogP contribution in [-0.2, 0) is 16.0 Å². The third kappa shape index (κ3) is 4.75. The highest BCUT2D eigenvalue weighted by atomic mass is 32.1. The number of likely N-dealkylation sites (N-methyl/N-ethyl adjacent to an activating group) is 1. The fourth-order valence-electron chi connectivity index (χ4n) is 5.29. The van der Waals surface area contributed by atoms with Crippen LogP contribution in [0.25, 0.3) is 27.3 Å². The molecule has 10 nitrogen and oxygen atoms in total. The molecule has 2 aromatic carbocycles. The van der Waals surface area contributed by atoms with Crippen molar-refractivity contribution in [2.24, 2.45) is 0 Å². The molecule has 0 bridgehead atoms. The summed E-state index contributed by atoms with van der Waals surface area (Å²) in [6, 6.07) is 8.59. The number of rotatable bonds is 6. The lowest BCUT2D eigenvalue weighted by molar-refractivity contribution is -0.121. The summed E-state index contributed by atoms with van der Waals surface area (Å²) in [4.78, 5) is 36.3. The lowest BCUT2D eigenvalue weighted by atomic mass is 9.99. The summed E-state index contributed by atoms with van der Waals surface area (Å²) in [6.45, 7) is 3.70. The molecule has 5 aromatic rings. The van der Waals surface area contributed by atoms with Gasteiger partial charge < -0.3 is 14.7 Å². The van der Waals surface area contributed by atoms with Crippen molar-refractivity contribution in [2.75, 3.05) is 11.9 Å². The number of benzene rings is 2. The van der Waals surface area contributed by atoms with Crippen molar-refractivity contribution in [3.63, 3.8) is 0 Å². The normalized spacial score (nSPS) is 15.6. The quantitative estimate of drug-likeness (QED) is 0.303. The molecule has 0 aliphatic carbocycles. The van der Waals surface area contributed by atoms with Crippen LogP contribution in [0.2, 0.25) is 0 Å². The number of piperidine rings is 1. The fraction of sp³-hybridized carbons (Fsp3) is 0.286. The zero-order valence-electron chi connectivity index (χ0n) is 22.4. The first kappa shape index (κ1) is 26.7. The van der Waals surface area contributed by atoms with Crippen molar-refractivity contribution >= 4 is 40.1 Å². The number of carbonyl (C=O) groups is 2. The van der Waals surface area contributed by atoms with E-state index in [2.05, 4.69) is 19.8 Å². The van der Waals surface area contributed by atoms with Gasteiger partial charge in [0.25, 0.3) is 0 Å². The van der Waals surface area contributed by atoms with Crippen LogP contribution in [0.3, 0.4) is 0 Å². The molecule has 0 radical (unpaired) electrons. The monoisotopic (exact) mass is 577 g/mol. The van der Waals surface area contributed by atoms with Crippen LogP contribution in [0.1, 0.15) is 48.4 Å². The molecule has 13 heteroatoms. The molecular weight excluding hydrogens is 552 g/mol. The van der Waals surface area contributed by atoms with Crippen molar-refractivity contribution in [1.29, 1.82) is 0 Å². The van der Waals surface area contributed by atoms with Crippen molar-refractivity contribution in [1.82, 2.24) is 29.4 Å². The number of nitrogens with one attached hydrogen (secondary N) is 1. The first-order valence-corrected chi connectivity index (χ1v) is 13.8. The third-order valence-electron chi connectivity index (χ3n) is 7.18. The number of hydrogen-bond donors (Lipinski definition) is 1. The summed E-state index contributed by atoms with van der Waals surface area (Å²) in [5.41, 5.74) is 4.05. The average Bonchev–Trinajstić information content (AvgIpc) is 3.66. The Morgan fingerprint density at radius 1 is 1.15 bits per heavy atom. The van der Waals surface area contributed by atoms with Gasteiger partial charge in [-0.15, -0.1) is 0 Å². The molecule has 1 aliphatic rings. The highest BCUT2D eigenvalue weighted by molar-refractivity contribution is 7.08. The second-order valence-corrected chi connectivity index (χ2v) is 10.6. The molecule has 4 heterocycles. The highest BCUT2D eigenvalue weighted by Gasteiger charge is 2.35. The van der Waals surface area contributed by atoms with Gasteiger partial charge in [0.2, 0.25) is 16.9 Å². The van der Waals surface area contributed by atoms with E-state index in [4.69, 9.17) is 9.51 Å². The lowest BCUT2D eigenvalue weighted by Crippen LogP contribution is -2.39. The van der Waals surface area contributed by atoms with E-state index in [1.54, 1.807) is 7.05 Å². The maximum absolute atomic E-state index is 14.3. The summed E-state index contributed by atoms with van der Waals surface area (Å²) >= 11 is 1.11. The Morgan fingerprint density at radius 2 is 1.98 bits per heavy atom. The molecular formula is C28H25F2N7O3S. The molecule has 1 unspecified atom stereocenters. The molecule has 0 spiro atoms. The van der Waals surface area contributed by atoms with Gasteiger partial charge in [-0.05, 0) is 56.5 Å². The topological polar surface area (TPSA) is 119 Å². The van der Waals surface area contributed by atoms with E-state index in [-0.39, 0.29) is 30.3 Å². The molecule has 0 saturated carbocycles. The number of aromatic nitrogens is 5. The maximum atomic E-state index is 14.3. The third-order valence-corrected chi connectivity index (χ3v) is 7.92. The van der Waals surface area contributed by atoms with Crippen molar-refractivity contribution in [3.8, 4) is 16.3 Å². The van der Waals surface area contributed by atoms with Gasteiger partial charge in [0.15, 0.2) is 17.5 Å². The maximum Gasteiger partial charge on any atom is 0.227 e. The number of halogens is 2. The summed E-state index contributed by atoms with van der Waals surface area (Å²) in [5.74, 6) is -0.965. The Bertz CT molecular complexity index is 1790. The number of amides is 2. The minimum atomic E-state index is -1.04. The van der Waals surface area contributed by atoms with Gasteiger partial charge in [-0.25, -0.2) is 18.7 Å². The molecule has 6 rings (SSSR count). The number of nitrogens with zero attached hydrogens (tertiary/aromatic N) is 6. The first-order valence-electron chi connectivity index (χ1n) is 13.0. The van der Waals surface area contributed by atoms with Crippen LogP contribution in [0, 0.1) is 25.5 Å². The van der Waals surface area contributed by atoms with Gasteiger partial charge in [0.1, 0.15) is 11.6 Å². The number of carbonyl (C=O) groups excluding carboxylic acids is 2. The van der Waals surface area contributed by atoms with Gasteiger partial charge in [0, 0.05) is 42.3 Å². The predicted octanol–water partition coefficient (Wildman–Crippen LogP) is 4.97. The van der Waals surface area contributed by atoms with Crippen LogP contribution < -0.4 is 10.2 Å². The molecule has 1 fully saturated rings. The Hall–Kier alpha value is -4.52. The zero-order valence-corrected chi connectivity index (χ0v) is 23.3. The molecule has 2 amide bonds. The molecule has 3 aromatic heterocycles. The van der Waals surface area contributed by atoms with Crippen molar-refractivity contribution in [3.05, 3.63) is 71.1 Å². The summed E-state index contributed by atoms with van der Waals surface area (Å²) in [7, 11) is 1.54. The van der Waals surface area contributed by atoms with Gasteiger partial charge >= 0.3 is 0 Å². The van der Waals surface area contributed by atoms with E-state index in [9.17, 15) is 18.4 Å². The van der Waals surface area contributed by atoms with E-state index in [1.165, 1.54) is 11.0 Å². The standard InChI is InChI=1S/C28H25F2N7O3S/c1-14-26(15(2)40-34-14)16-7-10-21-20(11-16)32-27(37(21)28-33-23(35-41-28)13-24(38)31-3)22-5-4-6-25(39)36(22)17-8-9-18(29)19(30)12-17/h7-12,22H,4-6,13H2,1-3H3,(H,31,38). The van der Waals surface area contributed by atoms with Crippen LogP contribution in [0.4, 0.5) is 14.5 Å². The lowest BCUT2D eigenvalue weighted by Gasteiger charge is -2.35. The van der Waals surface area contributed by atoms with Crippen LogP contribution in [-0.4, -0.2) is 42.9 Å². The number of hydrogen-bond acceptors (Lipinski definition) is 8.